The number of nitriles is 1. The summed E-state index contributed by atoms with van der Waals surface area (Å²) in [6, 6.07) is 4.76. The van der Waals surface area contributed by atoms with Crippen molar-refractivity contribution in [3.05, 3.63) is 17.0 Å². The van der Waals surface area contributed by atoms with Crippen molar-refractivity contribution in [1.82, 2.24) is 4.31 Å². The van der Waals surface area contributed by atoms with E-state index in [2.05, 4.69) is 0 Å². The number of methoxy groups -OCH3 is 1. The molecule has 0 radical (unpaired) electrons. The lowest BCUT2D eigenvalue weighted by molar-refractivity contribution is 0.169. The highest BCUT2D eigenvalue weighted by Crippen LogP contribution is 2.24. The number of aliphatic hydroxyl groups is 1. The van der Waals surface area contributed by atoms with Crippen LogP contribution in [0.4, 0.5) is 0 Å². The topological polar surface area (TPSA) is 90.6 Å². The third kappa shape index (κ3) is 3.51. The fourth-order valence-corrected chi connectivity index (χ4v) is 3.98. The molecule has 0 spiro atoms. The number of rotatable bonds is 7. The molecule has 0 unspecified atom stereocenters. The van der Waals surface area contributed by atoms with Crippen molar-refractivity contribution in [2.24, 2.45) is 0 Å². The van der Waals surface area contributed by atoms with E-state index in [9.17, 15) is 8.42 Å². The summed E-state index contributed by atoms with van der Waals surface area (Å²) in [5.41, 5.74) is 0. The zero-order valence-corrected chi connectivity index (χ0v) is 11.5. The molecule has 0 bridgehead atoms. The van der Waals surface area contributed by atoms with Crippen LogP contribution in [0, 0.1) is 11.3 Å². The second kappa shape index (κ2) is 6.82. The average Bonchev–Trinajstić information content (AvgIpc) is 2.83. The first-order valence-electron chi connectivity index (χ1n) is 5.16. The maximum Gasteiger partial charge on any atom is 0.252 e. The number of sulfonamides is 1. The van der Waals surface area contributed by atoms with Gasteiger partial charge in [0.15, 0.2) is 0 Å². The van der Waals surface area contributed by atoms with Gasteiger partial charge in [0.2, 0.25) is 0 Å². The molecule has 0 aliphatic carbocycles. The molecule has 0 aliphatic heterocycles. The Kier molecular flexibility index (Phi) is 5.71. The number of ether oxygens (including phenoxy) is 1. The van der Waals surface area contributed by atoms with Crippen LogP contribution in [0.25, 0.3) is 0 Å². The van der Waals surface area contributed by atoms with Gasteiger partial charge in [0, 0.05) is 20.2 Å². The van der Waals surface area contributed by atoms with Gasteiger partial charge in [-0.25, -0.2) is 8.42 Å². The average molecular weight is 290 g/mol. The van der Waals surface area contributed by atoms with Gasteiger partial charge in [-0.3, -0.25) is 0 Å². The van der Waals surface area contributed by atoms with Crippen LogP contribution >= 0.6 is 11.3 Å². The molecule has 1 N–H and O–H groups in total. The fourth-order valence-electron chi connectivity index (χ4n) is 1.30. The van der Waals surface area contributed by atoms with Crippen molar-refractivity contribution in [3.63, 3.8) is 0 Å². The van der Waals surface area contributed by atoms with E-state index >= 15 is 0 Å². The normalized spacial score (nSPS) is 11.7. The number of nitrogens with zero attached hydrogens (tertiary/aromatic N) is 2. The molecule has 1 heterocycles. The Balaban J connectivity index is 2.97. The number of hydrogen-bond acceptors (Lipinski definition) is 6. The lowest BCUT2D eigenvalue weighted by atomic mass is 10.5. The Morgan fingerprint density at radius 3 is 2.72 bits per heavy atom. The van der Waals surface area contributed by atoms with Gasteiger partial charge in [-0.05, 0) is 12.1 Å². The maximum atomic E-state index is 12.2. The first kappa shape index (κ1) is 15.1. The van der Waals surface area contributed by atoms with Crippen molar-refractivity contribution < 1.29 is 18.3 Å². The number of thiophene rings is 1. The highest BCUT2D eigenvalue weighted by atomic mass is 32.2. The van der Waals surface area contributed by atoms with E-state index < -0.39 is 10.0 Å². The lowest BCUT2D eigenvalue weighted by Crippen LogP contribution is -2.35. The van der Waals surface area contributed by atoms with Crippen molar-refractivity contribution in [2.75, 3.05) is 33.4 Å². The zero-order valence-electron chi connectivity index (χ0n) is 9.87. The third-order valence-electron chi connectivity index (χ3n) is 2.18. The summed E-state index contributed by atoms with van der Waals surface area (Å²) in [6.45, 7) is 0.153. The van der Waals surface area contributed by atoms with Gasteiger partial charge >= 0.3 is 0 Å². The largest absolute Gasteiger partial charge is 0.395 e. The van der Waals surface area contributed by atoms with Gasteiger partial charge in [-0.1, -0.05) is 0 Å². The first-order chi connectivity index (χ1) is 8.56. The van der Waals surface area contributed by atoms with Crippen LogP contribution in [0.15, 0.2) is 16.3 Å². The molecular weight excluding hydrogens is 276 g/mol. The highest BCUT2D eigenvalue weighted by molar-refractivity contribution is 7.91. The van der Waals surface area contributed by atoms with Gasteiger partial charge < -0.3 is 9.84 Å². The van der Waals surface area contributed by atoms with Crippen LogP contribution in [0.3, 0.4) is 0 Å². The Hall–Kier alpha value is -0.980. The predicted molar refractivity (Wildman–Crippen MR) is 66.8 cm³/mol. The summed E-state index contributed by atoms with van der Waals surface area (Å²) in [5.74, 6) is 0. The molecule has 1 rings (SSSR count). The minimum absolute atomic E-state index is 0.00544. The van der Waals surface area contributed by atoms with Crippen molar-refractivity contribution in [1.29, 1.82) is 5.26 Å². The third-order valence-corrected chi connectivity index (χ3v) is 5.54. The smallest absolute Gasteiger partial charge is 0.252 e. The molecule has 100 valence electrons. The minimum Gasteiger partial charge on any atom is -0.395 e. The molecule has 1 aromatic heterocycles. The molecule has 1 aromatic rings. The Morgan fingerprint density at radius 1 is 1.50 bits per heavy atom. The number of aliphatic hydroxyl groups excluding tert-OH is 1. The molecule has 0 amide bonds. The first-order valence-corrected chi connectivity index (χ1v) is 7.41. The van der Waals surface area contributed by atoms with Gasteiger partial charge in [0.05, 0.1) is 13.2 Å². The van der Waals surface area contributed by atoms with Crippen LogP contribution in [-0.4, -0.2) is 51.2 Å². The molecule has 6 nitrogen and oxygen atoms in total. The summed E-state index contributed by atoms with van der Waals surface area (Å²) in [6.07, 6.45) is 0. The van der Waals surface area contributed by atoms with Gasteiger partial charge in [0.25, 0.3) is 10.0 Å². The molecule has 0 fully saturated rings. The number of hydrogen-bond donors (Lipinski definition) is 1. The Morgan fingerprint density at radius 2 is 2.22 bits per heavy atom. The Labute approximate surface area is 110 Å². The van der Waals surface area contributed by atoms with Crippen LogP contribution in [0.2, 0.25) is 0 Å². The van der Waals surface area contributed by atoms with Gasteiger partial charge in [0.1, 0.15) is 15.2 Å². The minimum atomic E-state index is -3.66. The summed E-state index contributed by atoms with van der Waals surface area (Å²) < 4.78 is 30.5. The van der Waals surface area contributed by atoms with Crippen molar-refractivity contribution >= 4 is 21.4 Å². The summed E-state index contributed by atoms with van der Waals surface area (Å²) in [4.78, 5) is 0.337. The van der Waals surface area contributed by atoms with Crippen molar-refractivity contribution in [2.45, 2.75) is 4.21 Å². The van der Waals surface area contributed by atoms with E-state index in [0.717, 1.165) is 15.6 Å². The van der Waals surface area contributed by atoms with E-state index in [1.165, 1.54) is 19.2 Å². The summed E-state index contributed by atoms with van der Waals surface area (Å²) >= 11 is 0.914. The molecule has 0 aliphatic rings. The second-order valence-corrected chi connectivity index (χ2v) is 6.60. The van der Waals surface area contributed by atoms with E-state index in [1.807, 2.05) is 6.07 Å². The van der Waals surface area contributed by atoms with E-state index in [1.54, 1.807) is 0 Å². The van der Waals surface area contributed by atoms with E-state index in [0.29, 0.717) is 4.88 Å². The Bertz CT molecular complexity index is 518. The van der Waals surface area contributed by atoms with Crippen LogP contribution in [-0.2, 0) is 14.8 Å². The van der Waals surface area contributed by atoms with Gasteiger partial charge in [-0.2, -0.15) is 9.57 Å². The second-order valence-electron chi connectivity index (χ2n) is 3.35. The fraction of sp³-hybridized carbons (Fsp3) is 0.500. The highest BCUT2D eigenvalue weighted by Gasteiger charge is 2.25. The van der Waals surface area contributed by atoms with Crippen LogP contribution in [0.1, 0.15) is 4.88 Å². The van der Waals surface area contributed by atoms with Crippen molar-refractivity contribution in [3.8, 4) is 6.07 Å². The molecule has 0 saturated heterocycles. The zero-order chi connectivity index (χ0) is 13.6. The lowest BCUT2D eigenvalue weighted by Gasteiger charge is -2.19. The maximum absolute atomic E-state index is 12.2. The van der Waals surface area contributed by atoms with Gasteiger partial charge in [-0.15, -0.1) is 11.3 Å². The molecule has 0 saturated carbocycles. The molecule has 0 aromatic carbocycles. The summed E-state index contributed by atoms with van der Waals surface area (Å²) in [5, 5.41) is 17.6. The van der Waals surface area contributed by atoms with Crippen LogP contribution < -0.4 is 0 Å². The molecule has 0 atom stereocenters. The monoisotopic (exact) mass is 290 g/mol. The van der Waals surface area contributed by atoms with E-state index in [-0.39, 0.29) is 30.5 Å². The predicted octanol–water partition coefficient (Wildman–Crippen LogP) is 0.249. The summed E-state index contributed by atoms with van der Waals surface area (Å²) in [7, 11) is -2.19. The molecule has 18 heavy (non-hydrogen) atoms. The molecular formula is C10H14N2O4S2. The van der Waals surface area contributed by atoms with E-state index in [4.69, 9.17) is 15.1 Å². The standard InChI is InChI=1S/C10H14N2O4S2/c1-16-7-5-12(4-6-13)18(14,15)10-3-2-9(8-11)17-10/h2-3,13H,4-7H2,1H3. The SMILES string of the molecule is COCCN(CCO)S(=O)(=O)c1ccc(C#N)s1. The molecule has 8 heteroatoms. The van der Waals surface area contributed by atoms with Crippen LogP contribution in [0.5, 0.6) is 0 Å². The quantitative estimate of drug-likeness (QED) is 0.777.